The molecular weight excluding hydrogens is 1190 g/mol. The molecule has 0 aromatic carbocycles. The molecule has 0 saturated carbocycles. The van der Waals surface area contributed by atoms with E-state index in [1.54, 1.807) is 0 Å². The van der Waals surface area contributed by atoms with Crippen LogP contribution in [0.5, 0.6) is 0 Å². The highest BCUT2D eigenvalue weighted by atomic mass is 31.2. The van der Waals surface area contributed by atoms with Crippen molar-refractivity contribution in [2.24, 2.45) is 0 Å². The third kappa shape index (κ3) is 79.8. The maximum Gasteiger partial charge on any atom is 0.472 e. The van der Waals surface area contributed by atoms with Gasteiger partial charge in [0, 0.05) is 12.8 Å². The maximum absolute atomic E-state index is 12.9. The standard InChI is InChI=1S/C85H154NO8P/c1-6-8-10-12-14-16-18-20-22-24-26-28-30-32-34-36-38-40-42-44-45-47-49-51-53-55-57-59-61-63-65-67-69-71-73-75-77-84(87)91-81-83(82-93-95(89,90)92-80-79-86(3,4)5)94-85(88)78-76-74-72-70-68-66-64-62-60-58-56-54-52-50-48-46-43-41-39-37-35-33-31-29-27-25-23-21-19-17-15-13-11-9-7-2/h9,11,15,17,21,23,27,29,33,35,39,41,46,48,52,54,83H,6-8,10,12-14,16,18-20,22,24-26,28,30-32,34,36-38,40,42-45,47,49-51,53,55-82H2,1-5H3/p+1/b11-9-,17-15-,23-21-,29-27-,35-33-,41-39-,48-46-,54-52-. The molecule has 0 spiro atoms. The van der Waals surface area contributed by atoms with Gasteiger partial charge in [0.05, 0.1) is 27.7 Å². The number of ether oxygens (including phenoxy) is 2. The summed E-state index contributed by atoms with van der Waals surface area (Å²) < 4.78 is 34.8. The molecule has 552 valence electrons. The molecule has 0 saturated heterocycles. The first-order valence-corrected chi connectivity index (χ1v) is 42.0. The van der Waals surface area contributed by atoms with E-state index in [-0.39, 0.29) is 32.0 Å². The second-order valence-corrected chi connectivity index (χ2v) is 29.9. The van der Waals surface area contributed by atoms with Crippen molar-refractivity contribution in [3.63, 3.8) is 0 Å². The first-order chi connectivity index (χ1) is 46.5. The molecule has 0 aromatic heterocycles. The summed E-state index contributed by atoms with van der Waals surface area (Å²) in [7, 11) is 1.48. The van der Waals surface area contributed by atoms with Crippen LogP contribution in [-0.4, -0.2) is 74.9 Å². The summed E-state index contributed by atoms with van der Waals surface area (Å²) in [6.45, 7) is 4.37. The minimum absolute atomic E-state index is 0.0289. The molecule has 2 unspecified atom stereocenters. The second-order valence-electron chi connectivity index (χ2n) is 28.4. The Kier molecular flexibility index (Phi) is 72.7. The third-order valence-corrected chi connectivity index (χ3v) is 18.9. The van der Waals surface area contributed by atoms with Crippen molar-refractivity contribution in [2.75, 3.05) is 47.5 Å². The number of likely N-dealkylation sites (N-methyl/N-ethyl adjacent to an activating group) is 1. The lowest BCUT2D eigenvalue weighted by Crippen LogP contribution is -2.37. The molecule has 0 fully saturated rings. The summed E-state index contributed by atoms with van der Waals surface area (Å²) in [5.74, 6) is -0.790. The van der Waals surface area contributed by atoms with Crippen molar-refractivity contribution in [3.8, 4) is 0 Å². The molecular formula is C85H155NO8P+. The number of carbonyl (C=O) groups excluding carboxylic acids is 2. The summed E-state index contributed by atoms with van der Waals surface area (Å²) in [6, 6.07) is 0. The Hall–Kier alpha value is -3.07. The first kappa shape index (κ1) is 91.9. The number of hydrogen-bond acceptors (Lipinski definition) is 7. The number of carbonyl (C=O) groups is 2. The van der Waals surface area contributed by atoms with E-state index in [1.165, 1.54) is 250 Å². The van der Waals surface area contributed by atoms with Gasteiger partial charge in [-0.15, -0.1) is 0 Å². The van der Waals surface area contributed by atoms with Crippen molar-refractivity contribution >= 4 is 19.8 Å². The molecule has 0 aliphatic rings. The molecule has 0 rings (SSSR count). The second kappa shape index (κ2) is 75.1. The predicted molar refractivity (Wildman–Crippen MR) is 413 cm³/mol. The Morgan fingerprint density at radius 3 is 0.895 bits per heavy atom. The van der Waals surface area contributed by atoms with Gasteiger partial charge in [0.25, 0.3) is 0 Å². The molecule has 0 aliphatic carbocycles. The maximum atomic E-state index is 12.9. The number of esters is 2. The molecule has 0 heterocycles. The molecule has 2 atom stereocenters. The molecule has 95 heavy (non-hydrogen) atoms. The fourth-order valence-corrected chi connectivity index (χ4v) is 12.5. The highest BCUT2D eigenvalue weighted by molar-refractivity contribution is 7.47. The normalized spacial score (nSPS) is 13.5. The fourth-order valence-electron chi connectivity index (χ4n) is 11.7. The van der Waals surface area contributed by atoms with Crippen molar-refractivity contribution < 1.29 is 42.1 Å². The lowest BCUT2D eigenvalue weighted by Gasteiger charge is -2.24. The van der Waals surface area contributed by atoms with E-state index in [4.69, 9.17) is 18.5 Å². The number of unbranched alkanes of at least 4 members (excludes halogenated alkanes) is 45. The van der Waals surface area contributed by atoms with Gasteiger partial charge in [0.15, 0.2) is 6.10 Å². The van der Waals surface area contributed by atoms with Crippen molar-refractivity contribution in [1.82, 2.24) is 0 Å². The van der Waals surface area contributed by atoms with Gasteiger partial charge in [-0.2, -0.15) is 0 Å². The Balaban J connectivity index is 3.97. The smallest absolute Gasteiger partial charge is 0.462 e. The molecule has 0 aliphatic heterocycles. The lowest BCUT2D eigenvalue weighted by atomic mass is 10.0. The topological polar surface area (TPSA) is 108 Å². The van der Waals surface area contributed by atoms with Gasteiger partial charge < -0.3 is 18.9 Å². The average Bonchev–Trinajstić information content (AvgIpc) is 2.16. The zero-order valence-electron chi connectivity index (χ0n) is 63.1. The van der Waals surface area contributed by atoms with E-state index >= 15 is 0 Å². The number of allylic oxidation sites excluding steroid dienone is 16. The zero-order chi connectivity index (χ0) is 69.0. The summed E-state index contributed by atoms with van der Waals surface area (Å²) in [5.41, 5.74) is 0. The van der Waals surface area contributed by atoms with Crippen LogP contribution < -0.4 is 0 Å². The summed E-state index contributed by atoms with van der Waals surface area (Å²) >= 11 is 0. The minimum Gasteiger partial charge on any atom is -0.462 e. The van der Waals surface area contributed by atoms with Gasteiger partial charge in [-0.3, -0.25) is 18.6 Å². The summed E-state index contributed by atoms with van der Waals surface area (Å²) in [5, 5.41) is 0. The van der Waals surface area contributed by atoms with Crippen LogP contribution in [0.4, 0.5) is 0 Å². The number of rotatable bonds is 75. The highest BCUT2D eigenvalue weighted by Gasteiger charge is 2.27. The van der Waals surface area contributed by atoms with Gasteiger partial charge in [0.2, 0.25) is 0 Å². The first-order valence-electron chi connectivity index (χ1n) is 40.5. The summed E-state index contributed by atoms with van der Waals surface area (Å²) in [6.07, 6.45) is 106. The third-order valence-electron chi connectivity index (χ3n) is 17.9. The number of nitrogens with zero attached hydrogens (tertiary/aromatic N) is 1. The van der Waals surface area contributed by atoms with Crippen LogP contribution in [0.15, 0.2) is 97.2 Å². The molecule has 9 nitrogen and oxygen atoms in total. The molecule has 0 aromatic rings. The van der Waals surface area contributed by atoms with E-state index in [0.717, 1.165) is 96.3 Å². The van der Waals surface area contributed by atoms with Crippen LogP contribution in [0.3, 0.4) is 0 Å². The Morgan fingerprint density at radius 1 is 0.337 bits per heavy atom. The van der Waals surface area contributed by atoms with E-state index in [1.807, 2.05) is 21.1 Å². The summed E-state index contributed by atoms with van der Waals surface area (Å²) in [4.78, 5) is 36.0. The van der Waals surface area contributed by atoms with Crippen LogP contribution in [0.2, 0.25) is 0 Å². The van der Waals surface area contributed by atoms with Crippen LogP contribution in [0.1, 0.15) is 380 Å². The number of phosphoric ester groups is 1. The molecule has 1 N–H and O–H groups in total. The molecule has 0 radical (unpaired) electrons. The largest absolute Gasteiger partial charge is 0.472 e. The highest BCUT2D eigenvalue weighted by Crippen LogP contribution is 2.43. The van der Waals surface area contributed by atoms with Crippen LogP contribution in [0.25, 0.3) is 0 Å². The van der Waals surface area contributed by atoms with Crippen molar-refractivity contribution in [3.05, 3.63) is 97.2 Å². The van der Waals surface area contributed by atoms with E-state index in [9.17, 15) is 19.0 Å². The molecule has 10 heteroatoms. The van der Waals surface area contributed by atoms with Gasteiger partial charge in [-0.25, -0.2) is 4.57 Å². The number of hydrogen-bond donors (Lipinski definition) is 1. The van der Waals surface area contributed by atoms with Crippen LogP contribution >= 0.6 is 7.82 Å². The van der Waals surface area contributed by atoms with Crippen LogP contribution in [-0.2, 0) is 32.7 Å². The molecule has 0 amide bonds. The van der Waals surface area contributed by atoms with Gasteiger partial charge in [-0.1, -0.05) is 387 Å². The van der Waals surface area contributed by atoms with E-state index in [2.05, 4.69) is 111 Å². The molecule has 0 bridgehead atoms. The van der Waals surface area contributed by atoms with Crippen molar-refractivity contribution in [2.45, 2.75) is 386 Å². The van der Waals surface area contributed by atoms with E-state index in [0.29, 0.717) is 17.4 Å². The number of phosphoric acid groups is 1. The Bertz CT molecular complexity index is 1930. The predicted octanol–water partition coefficient (Wildman–Crippen LogP) is 27.0. The van der Waals surface area contributed by atoms with E-state index < -0.39 is 26.5 Å². The van der Waals surface area contributed by atoms with Crippen molar-refractivity contribution in [1.29, 1.82) is 0 Å². The lowest BCUT2D eigenvalue weighted by molar-refractivity contribution is -0.870. The zero-order valence-corrected chi connectivity index (χ0v) is 64.0. The van der Waals surface area contributed by atoms with Gasteiger partial charge in [-0.05, 0) is 77.0 Å². The monoisotopic (exact) mass is 1350 g/mol. The quantitative estimate of drug-likeness (QED) is 0.0211. The fraction of sp³-hybridized carbons (Fsp3) is 0.788. The average molecular weight is 1350 g/mol. The van der Waals surface area contributed by atoms with Gasteiger partial charge in [0.1, 0.15) is 19.8 Å². The van der Waals surface area contributed by atoms with Crippen LogP contribution in [0, 0.1) is 0 Å². The Labute approximate surface area is 589 Å². The number of quaternary nitrogens is 1. The van der Waals surface area contributed by atoms with Gasteiger partial charge >= 0.3 is 19.8 Å². The SMILES string of the molecule is CC/C=C\C/C=C\C/C=C\C/C=C\C/C=C\C/C=C\C/C=C\C/C=C\CCCCCCCCCCCCC(=O)OC(COC(=O)CCCCCCCCCCCCCCCCCCCCCCCCCCCCCCCCCCCCCC)COP(=O)(O)OCC[N+](C)(C)C. The minimum atomic E-state index is -4.40. The Morgan fingerprint density at radius 2 is 0.600 bits per heavy atom.